The number of benzene rings is 2. The molecule has 6 nitrogen and oxygen atoms in total. The summed E-state index contributed by atoms with van der Waals surface area (Å²) in [5.74, 6) is -1.20. The predicted molar refractivity (Wildman–Crippen MR) is 104 cm³/mol. The summed E-state index contributed by atoms with van der Waals surface area (Å²) in [5, 5.41) is 15.5. The molecule has 1 fully saturated rings. The van der Waals surface area contributed by atoms with Crippen molar-refractivity contribution in [2.75, 3.05) is 36.5 Å². The number of carboxylic acids is 1. The van der Waals surface area contributed by atoms with Crippen molar-refractivity contribution >= 4 is 33.9 Å². The second kappa shape index (κ2) is 7.25. The molecule has 1 saturated heterocycles. The van der Waals surface area contributed by atoms with Gasteiger partial charge in [-0.3, -0.25) is 4.98 Å². The lowest BCUT2D eigenvalue weighted by Crippen LogP contribution is -2.36. The quantitative estimate of drug-likeness (QED) is 0.768. The number of carbonyl (C=O) groups is 1. The molecule has 3 aromatic rings. The Labute approximate surface area is 157 Å². The first-order valence-electron chi connectivity index (χ1n) is 8.93. The first kappa shape index (κ1) is 17.3. The summed E-state index contributed by atoms with van der Waals surface area (Å²) in [7, 11) is 0. The van der Waals surface area contributed by atoms with Crippen LogP contribution in [0.5, 0.6) is 0 Å². The third-order valence-corrected chi connectivity index (χ3v) is 4.70. The van der Waals surface area contributed by atoms with E-state index in [-0.39, 0.29) is 5.56 Å². The highest BCUT2D eigenvalue weighted by Crippen LogP contribution is 2.33. The molecular formula is C21H20N3O3-. The number of carboxylic acid groups (broad SMARTS) is 1. The highest BCUT2D eigenvalue weighted by atomic mass is 16.5. The number of ether oxygens (including phenoxy) is 1. The van der Waals surface area contributed by atoms with Gasteiger partial charge in [0, 0.05) is 29.9 Å². The molecule has 2 aromatic carbocycles. The molecule has 0 saturated carbocycles. The molecule has 1 N–H and O–H groups in total. The Morgan fingerprint density at radius 2 is 1.89 bits per heavy atom. The van der Waals surface area contributed by atoms with E-state index in [0.717, 1.165) is 46.7 Å². The van der Waals surface area contributed by atoms with Crippen LogP contribution in [-0.2, 0) is 4.74 Å². The highest BCUT2D eigenvalue weighted by Gasteiger charge is 2.15. The van der Waals surface area contributed by atoms with Gasteiger partial charge in [0.2, 0.25) is 0 Å². The Morgan fingerprint density at radius 3 is 2.67 bits per heavy atom. The summed E-state index contributed by atoms with van der Waals surface area (Å²) in [6.07, 6.45) is 0. The number of morpholine rings is 1. The number of hydrogen-bond acceptors (Lipinski definition) is 6. The third kappa shape index (κ3) is 3.57. The molecule has 1 aliphatic heterocycles. The molecule has 0 amide bonds. The zero-order chi connectivity index (χ0) is 18.8. The summed E-state index contributed by atoms with van der Waals surface area (Å²) in [6.45, 7) is 5.01. The van der Waals surface area contributed by atoms with Crippen molar-refractivity contribution in [2.45, 2.75) is 6.92 Å². The number of nitrogens with zero attached hydrogens (tertiary/aromatic N) is 2. The van der Waals surface area contributed by atoms with Gasteiger partial charge in [-0.05, 0) is 42.8 Å². The van der Waals surface area contributed by atoms with E-state index in [1.807, 2.05) is 31.2 Å². The maximum absolute atomic E-state index is 11.3. The van der Waals surface area contributed by atoms with Gasteiger partial charge in [-0.2, -0.15) is 0 Å². The number of para-hydroxylation sites is 2. The highest BCUT2D eigenvalue weighted by molar-refractivity contribution is 5.99. The molecule has 138 valence electrons. The maximum Gasteiger partial charge on any atom is 0.0726 e. The zero-order valence-corrected chi connectivity index (χ0v) is 15.1. The number of nitrogens with one attached hydrogen (secondary N) is 1. The molecule has 27 heavy (non-hydrogen) atoms. The van der Waals surface area contributed by atoms with Crippen molar-refractivity contribution in [2.24, 2.45) is 0 Å². The smallest absolute Gasteiger partial charge is 0.0726 e. The van der Waals surface area contributed by atoms with Crippen LogP contribution in [0.3, 0.4) is 0 Å². The van der Waals surface area contributed by atoms with Crippen LogP contribution in [0.4, 0.5) is 17.1 Å². The Morgan fingerprint density at radius 1 is 1.11 bits per heavy atom. The monoisotopic (exact) mass is 362 g/mol. The van der Waals surface area contributed by atoms with E-state index in [2.05, 4.69) is 21.3 Å². The Hall–Kier alpha value is -3.12. The number of fused-ring (bicyclic) bond motifs is 1. The zero-order valence-electron chi connectivity index (χ0n) is 15.1. The SMILES string of the molecule is Cc1cc(Nc2ccccc2N2CCOCC2)c2cc(C(=O)[O-])ccc2n1. The van der Waals surface area contributed by atoms with E-state index in [0.29, 0.717) is 13.2 Å². The fourth-order valence-corrected chi connectivity index (χ4v) is 3.39. The maximum atomic E-state index is 11.3. The van der Waals surface area contributed by atoms with Crippen molar-refractivity contribution in [1.82, 2.24) is 4.98 Å². The average molecular weight is 362 g/mol. The van der Waals surface area contributed by atoms with Crippen molar-refractivity contribution < 1.29 is 14.6 Å². The molecule has 1 aliphatic rings. The minimum Gasteiger partial charge on any atom is -0.545 e. The van der Waals surface area contributed by atoms with E-state index in [1.165, 1.54) is 6.07 Å². The first-order chi connectivity index (χ1) is 13.1. The number of rotatable bonds is 4. The lowest BCUT2D eigenvalue weighted by molar-refractivity contribution is -0.255. The summed E-state index contributed by atoms with van der Waals surface area (Å²) < 4.78 is 5.46. The van der Waals surface area contributed by atoms with E-state index < -0.39 is 5.97 Å². The molecule has 2 heterocycles. The van der Waals surface area contributed by atoms with Crippen LogP contribution >= 0.6 is 0 Å². The topological polar surface area (TPSA) is 77.5 Å². The minimum atomic E-state index is -1.20. The molecule has 0 atom stereocenters. The van der Waals surface area contributed by atoms with Crippen molar-refractivity contribution in [3.63, 3.8) is 0 Å². The molecule has 0 unspecified atom stereocenters. The van der Waals surface area contributed by atoms with Gasteiger partial charge in [-0.15, -0.1) is 0 Å². The second-order valence-corrected chi connectivity index (χ2v) is 6.57. The Balaban J connectivity index is 1.77. The standard InChI is InChI=1S/C21H21N3O3/c1-14-12-19(16-13-15(21(25)26)6-7-17(16)22-14)23-18-4-2-3-5-20(18)24-8-10-27-11-9-24/h2-7,12-13H,8-11H2,1H3,(H,22,23)(H,25,26)/p-1. The van der Waals surface area contributed by atoms with Crippen molar-refractivity contribution in [3.05, 3.63) is 59.8 Å². The largest absolute Gasteiger partial charge is 0.545 e. The molecule has 6 heteroatoms. The predicted octanol–water partition coefficient (Wildman–Crippen LogP) is 2.49. The molecule has 0 aliphatic carbocycles. The minimum absolute atomic E-state index is 0.137. The third-order valence-electron chi connectivity index (χ3n) is 4.70. The molecule has 0 spiro atoms. The number of hydrogen-bond donors (Lipinski definition) is 1. The van der Waals surface area contributed by atoms with Crippen LogP contribution in [0.2, 0.25) is 0 Å². The van der Waals surface area contributed by atoms with Gasteiger partial charge in [0.1, 0.15) is 0 Å². The lowest BCUT2D eigenvalue weighted by atomic mass is 10.1. The van der Waals surface area contributed by atoms with Gasteiger partial charge in [-0.1, -0.05) is 18.2 Å². The van der Waals surface area contributed by atoms with E-state index in [4.69, 9.17) is 4.74 Å². The van der Waals surface area contributed by atoms with Gasteiger partial charge in [0.15, 0.2) is 0 Å². The van der Waals surface area contributed by atoms with Gasteiger partial charge in [0.05, 0.1) is 36.1 Å². The summed E-state index contributed by atoms with van der Waals surface area (Å²) in [5.41, 5.74) is 4.62. The lowest BCUT2D eigenvalue weighted by Gasteiger charge is -2.30. The van der Waals surface area contributed by atoms with Gasteiger partial charge in [0.25, 0.3) is 0 Å². The van der Waals surface area contributed by atoms with Gasteiger partial charge < -0.3 is 24.9 Å². The normalized spacial score (nSPS) is 14.3. The number of carbonyl (C=O) groups excluding carboxylic acids is 1. The number of aromatic carboxylic acids is 1. The van der Waals surface area contributed by atoms with Crippen LogP contribution in [0.15, 0.2) is 48.5 Å². The Kier molecular flexibility index (Phi) is 4.64. The summed E-state index contributed by atoms with van der Waals surface area (Å²) in [4.78, 5) is 18.1. The molecule has 0 radical (unpaired) electrons. The second-order valence-electron chi connectivity index (χ2n) is 6.57. The van der Waals surface area contributed by atoms with Crippen molar-refractivity contribution in [3.8, 4) is 0 Å². The van der Waals surface area contributed by atoms with Crippen molar-refractivity contribution in [1.29, 1.82) is 0 Å². The van der Waals surface area contributed by atoms with Crippen LogP contribution in [0.25, 0.3) is 10.9 Å². The first-order valence-corrected chi connectivity index (χ1v) is 8.93. The molecule has 0 bridgehead atoms. The van der Waals surface area contributed by atoms with Crippen LogP contribution in [0.1, 0.15) is 16.1 Å². The summed E-state index contributed by atoms with van der Waals surface area (Å²) in [6, 6.07) is 14.9. The van der Waals surface area contributed by atoms with Gasteiger partial charge in [-0.25, -0.2) is 0 Å². The fraction of sp³-hybridized carbons (Fsp3) is 0.238. The summed E-state index contributed by atoms with van der Waals surface area (Å²) >= 11 is 0. The van der Waals surface area contributed by atoms with Crippen LogP contribution in [0, 0.1) is 6.92 Å². The molecule has 4 rings (SSSR count). The average Bonchev–Trinajstić information content (AvgIpc) is 2.68. The van der Waals surface area contributed by atoms with E-state index >= 15 is 0 Å². The number of aromatic nitrogens is 1. The van der Waals surface area contributed by atoms with Crippen LogP contribution < -0.4 is 15.3 Å². The molecule has 1 aromatic heterocycles. The van der Waals surface area contributed by atoms with Gasteiger partial charge >= 0.3 is 0 Å². The van der Waals surface area contributed by atoms with Crippen LogP contribution in [-0.4, -0.2) is 37.3 Å². The fourth-order valence-electron chi connectivity index (χ4n) is 3.39. The number of aryl methyl sites for hydroxylation is 1. The number of pyridine rings is 1. The molecular weight excluding hydrogens is 342 g/mol. The number of anilines is 3. The Bertz CT molecular complexity index is 997. The van der Waals surface area contributed by atoms with E-state index in [1.54, 1.807) is 12.1 Å². The van der Waals surface area contributed by atoms with E-state index in [9.17, 15) is 9.90 Å².